The number of esters is 1. The van der Waals surface area contributed by atoms with Gasteiger partial charge in [-0.15, -0.1) is 0 Å². The van der Waals surface area contributed by atoms with E-state index in [9.17, 15) is 18.8 Å². The summed E-state index contributed by atoms with van der Waals surface area (Å²) in [7, 11) is 3.96. The smallest absolute Gasteiger partial charge is 0.345 e. The van der Waals surface area contributed by atoms with Gasteiger partial charge < -0.3 is 24.3 Å². The molecule has 0 N–H and O–H groups in total. The first kappa shape index (κ1) is 26.1. The van der Waals surface area contributed by atoms with E-state index in [1.165, 1.54) is 24.3 Å². The quantitative estimate of drug-likeness (QED) is 0.423. The number of carbonyl (C=O) groups is 3. The number of likely N-dealkylation sites (N-methyl/N-ethyl adjacent to an activating group) is 1. The number of fused-ring (bicyclic) bond motifs is 1. The zero-order chi connectivity index (χ0) is 25.8. The van der Waals surface area contributed by atoms with Crippen molar-refractivity contribution in [2.24, 2.45) is 5.92 Å². The zero-order valence-electron chi connectivity index (χ0n) is 21.5. The highest BCUT2D eigenvalue weighted by molar-refractivity contribution is 6.17. The minimum atomic E-state index is -0.554. The largest absolute Gasteiger partial charge is 0.462 e. The number of ether oxygens (including phenoxy) is 1. The van der Waals surface area contributed by atoms with E-state index in [0.717, 1.165) is 37.9 Å². The Hall–Kier alpha value is -2.94. The molecule has 3 aliphatic rings. The van der Waals surface area contributed by atoms with Crippen LogP contribution >= 0.6 is 0 Å². The van der Waals surface area contributed by atoms with Crippen LogP contribution in [0.3, 0.4) is 0 Å². The molecule has 2 heterocycles. The van der Waals surface area contributed by atoms with Crippen LogP contribution in [0.25, 0.3) is 0 Å². The molecule has 2 fully saturated rings. The van der Waals surface area contributed by atoms with Gasteiger partial charge in [0.15, 0.2) is 0 Å². The second-order valence-electron chi connectivity index (χ2n) is 10.0. The number of halogens is 1. The van der Waals surface area contributed by atoms with Crippen molar-refractivity contribution in [2.75, 3.05) is 60.0 Å². The first-order chi connectivity index (χ1) is 17.3. The van der Waals surface area contributed by atoms with E-state index in [1.54, 1.807) is 11.8 Å². The van der Waals surface area contributed by atoms with Crippen LogP contribution in [-0.2, 0) is 14.3 Å². The van der Waals surface area contributed by atoms with Gasteiger partial charge >= 0.3 is 5.97 Å². The number of carbonyl (C=O) groups excluding carboxylic acids is 3. The van der Waals surface area contributed by atoms with E-state index in [4.69, 9.17) is 4.74 Å². The maximum atomic E-state index is 13.8. The summed E-state index contributed by atoms with van der Waals surface area (Å²) in [6.45, 7) is 5.23. The number of piperazine rings is 1. The molecule has 1 aromatic carbocycles. The molecule has 2 aliphatic heterocycles. The number of nitrogens with zero attached hydrogens (tertiary/aromatic N) is 4. The predicted molar refractivity (Wildman–Crippen MR) is 134 cm³/mol. The average molecular weight is 501 g/mol. The molecule has 9 heteroatoms. The fraction of sp³-hybridized carbons (Fsp3) is 0.593. The van der Waals surface area contributed by atoms with Crippen LogP contribution in [0.1, 0.15) is 43.0 Å². The van der Waals surface area contributed by atoms with Crippen LogP contribution < -0.4 is 0 Å². The molecule has 1 aromatic rings. The number of amides is 2. The summed E-state index contributed by atoms with van der Waals surface area (Å²) in [5.74, 6) is -1.23. The standard InChI is InChI=1S/C27H37FN4O4/c1-4-36-27(35)23-24(21-7-5-6-8-22(21)32(26(23)34)18-13-29(2)3)30-14-16-31(17-15-30)25(33)19-9-11-20(28)12-10-19/h9-12,21-22H,4-8,13-18H2,1-3H3. The highest BCUT2D eigenvalue weighted by atomic mass is 19.1. The maximum Gasteiger partial charge on any atom is 0.345 e. The Balaban J connectivity index is 1.60. The molecule has 2 unspecified atom stereocenters. The second-order valence-corrected chi connectivity index (χ2v) is 10.0. The van der Waals surface area contributed by atoms with Crippen molar-refractivity contribution in [3.63, 3.8) is 0 Å². The summed E-state index contributed by atoms with van der Waals surface area (Å²) in [6, 6.07) is 5.65. The zero-order valence-corrected chi connectivity index (χ0v) is 21.5. The molecule has 2 amide bonds. The number of benzene rings is 1. The van der Waals surface area contributed by atoms with Crippen LogP contribution in [0.5, 0.6) is 0 Å². The number of hydrogen-bond donors (Lipinski definition) is 0. The molecule has 0 aromatic heterocycles. The average Bonchev–Trinajstić information content (AvgIpc) is 2.87. The molecule has 0 spiro atoms. The van der Waals surface area contributed by atoms with Crippen molar-refractivity contribution in [1.29, 1.82) is 0 Å². The summed E-state index contributed by atoms with van der Waals surface area (Å²) < 4.78 is 18.7. The van der Waals surface area contributed by atoms with Crippen molar-refractivity contribution in [3.05, 3.63) is 46.9 Å². The lowest BCUT2D eigenvalue weighted by Gasteiger charge is -2.49. The molecule has 1 saturated carbocycles. The monoisotopic (exact) mass is 500 g/mol. The lowest BCUT2D eigenvalue weighted by atomic mass is 9.76. The van der Waals surface area contributed by atoms with Gasteiger partial charge in [-0.05, 0) is 58.1 Å². The Kier molecular flexibility index (Phi) is 8.28. The van der Waals surface area contributed by atoms with Gasteiger partial charge in [0, 0.05) is 62.5 Å². The highest BCUT2D eigenvalue weighted by Crippen LogP contribution is 2.41. The van der Waals surface area contributed by atoms with Crippen molar-refractivity contribution >= 4 is 17.8 Å². The van der Waals surface area contributed by atoms with E-state index in [2.05, 4.69) is 4.90 Å². The van der Waals surface area contributed by atoms with Crippen LogP contribution in [0.4, 0.5) is 4.39 Å². The predicted octanol–water partition coefficient (Wildman–Crippen LogP) is 2.36. The Morgan fingerprint density at radius 1 is 1.06 bits per heavy atom. The minimum Gasteiger partial charge on any atom is -0.462 e. The van der Waals surface area contributed by atoms with Gasteiger partial charge in [0.2, 0.25) is 0 Å². The van der Waals surface area contributed by atoms with E-state index in [-0.39, 0.29) is 41.8 Å². The van der Waals surface area contributed by atoms with Crippen LogP contribution in [-0.4, -0.2) is 103 Å². The molecule has 1 aliphatic carbocycles. The molecule has 1 saturated heterocycles. The number of rotatable bonds is 7. The highest BCUT2D eigenvalue weighted by Gasteiger charge is 2.47. The third-order valence-electron chi connectivity index (χ3n) is 7.48. The van der Waals surface area contributed by atoms with Crippen LogP contribution in [0.15, 0.2) is 35.5 Å². The van der Waals surface area contributed by atoms with Gasteiger partial charge in [0.1, 0.15) is 11.4 Å². The summed E-state index contributed by atoms with van der Waals surface area (Å²) in [5.41, 5.74) is 1.42. The Morgan fingerprint density at radius 3 is 2.36 bits per heavy atom. The van der Waals surface area contributed by atoms with Crippen molar-refractivity contribution in [3.8, 4) is 0 Å². The van der Waals surface area contributed by atoms with Gasteiger partial charge in [-0.2, -0.15) is 0 Å². The third kappa shape index (κ3) is 5.40. The fourth-order valence-corrected chi connectivity index (χ4v) is 5.68. The topological polar surface area (TPSA) is 73.4 Å². The van der Waals surface area contributed by atoms with Gasteiger partial charge in [0.05, 0.1) is 6.61 Å². The molecule has 2 atom stereocenters. The van der Waals surface area contributed by atoms with Crippen LogP contribution in [0.2, 0.25) is 0 Å². The molecule has 0 bridgehead atoms. The SMILES string of the molecule is CCOC(=O)C1=C(N2CCN(C(=O)c3ccc(F)cc3)CC2)C2CCCCC2N(CCN(C)C)C1=O. The lowest BCUT2D eigenvalue weighted by Crippen LogP contribution is -2.58. The van der Waals surface area contributed by atoms with Gasteiger partial charge in [-0.1, -0.05) is 12.8 Å². The number of hydrogen-bond acceptors (Lipinski definition) is 6. The second kappa shape index (κ2) is 11.4. The Labute approximate surface area is 212 Å². The minimum absolute atomic E-state index is 0.0678. The van der Waals surface area contributed by atoms with Gasteiger partial charge in [0.25, 0.3) is 11.8 Å². The van der Waals surface area contributed by atoms with Crippen molar-refractivity contribution < 1.29 is 23.5 Å². The van der Waals surface area contributed by atoms with Crippen LogP contribution in [0, 0.1) is 11.7 Å². The first-order valence-electron chi connectivity index (χ1n) is 13.0. The summed E-state index contributed by atoms with van der Waals surface area (Å²) in [4.78, 5) is 47.7. The fourth-order valence-electron chi connectivity index (χ4n) is 5.68. The Bertz CT molecular complexity index is 1000. The van der Waals surface area contributed by atoms with Crippen molar-refractivity contribution in [2.45, 2.75) is 38.6 Å². The Morgan fingerprint density at radius 2 is 1.72 bits per heavy atom. The summed E-state index contributed by atoms with van der Waals surface area (Å²) in [5, 5.41) is 0. The molecule has 36 heavy (non-hydrogen) atoms. The summed E-state index contributed by atoms with van der Waals surface area (Å²) >= 11 is 0. The lowest BCUT2D eigenvalue weighted by molar-refractivity contribution is -0.145. The molecule has 0 radical (unpaired) electrons. The molecule has 8 nitrogen and oxygen atoms in total. The maximum absolute atomic E-state index is 13.8. The van der Waals surface area contributed by atoms with Gasteiger partial charge in [-0.25, -0.2) is 9.18 Å². The van der Waals surface area contributed by atoms with Crippen molar-refractivity contribution in [1.82, 2.24) is 19.6 Å². The first-order valence-corrected chi connectivity index (χ1v) is 13.0. The third-order valence-corrected chi connectivity index (χ3v) is 7.48. The molecule has 4 rings (SSSR count). The van der Waals surface area contributed by atoms with E-state index >= 15 is 0 Å². The van der Waals surface area contributed by atoms with E-state index in [1.807, 2.05) is 23.9 Å². The molecule has 196 valence electrons. The van der Waals surface area contributed by atoms with E-state index < -0.39 is 5.97 Å². The van der Waals surface area contributed by atoms with E-state index in [0.29, 0.717) is 38.3 Å². The molecular formula is C27H37FN4O4. The molecular weight excluding hydrogens is 463 g/mol. The summed E-state index contributed by atoms with van der Waals surface area (Å²) in [6.07, 6.45) is 3.96. The van der Waals surface area contributed by atoms with Gasteiger partial charge in [-0.3, -0.25) is 9.59 Å². The normalized spacial score (nSPS) is 22.7.